The van der Waals surface area contributed by atoms with Gasteiger partial charge in [0.15, 0.2) is 0 Å². The molecule has 0 saturated heterocycles. The standard InChI is InChI=1S/C16H27NO2S/c1-11(2)19-15-8-6-14(7-9-15)12(3)17-13(4)16(10-18)20-5/h6-9,11-13,16-18H,10H2,1-5H3. The molecule has 1 aromatic carbocycles. The molecule has 3 unspecified atom stereocenters. The molecule has 0 heterocycles. The molecule has 0 spiro atoms. The minimum Gasteiger partial charge on any atom is -0.491 e. The van der Waals surface area contributed by atoms with Gasteiger partial charge in [0.25, 0.3) is 0 Å². The van der Waals surface area contributed by atoms with Crippen molar-refractivity contribution in [2.45, 2.75) is 51.1 Å². The van der Waals surface area contributed by atoms with Crippen molar-refractivity contribution in [3.63, 3.8) is 0 Å². The minimum atomic E-state index is 0.198. The molecule has 0 amide bonds. The van der Waals surface area contributed by atoms with Gasteiger partial charge in [0, 0.05) is 17.3 Å². The normalized spacial score (nSPS) is 15.9. The van der Waals surface area contributed by atoms with Crippen molar-refractivity contribution in [2.24, 2.45) is 0 Å². The van der Waals surface area contributed by atoms with Crippen molar-refractivity contribution in [3.05, 3.63) is 29.8 Å². The second kappa shape index (κ2) is 8.55. The van der Waals surface area contributed by atoms with Crippen LogP contribution in [0.15, 0.2) is 24.3 Å². The molecule has 0 aliphatic rings. The fourth-order valence-electron chi connectivity index (χ4n) is 2.14. The van der Waals surface area contributed by atoms with Crippen LogP contribution in [0.2, 0.25) is 0 Å². The topological polar surface area (TPSA) is 41.5 Å². The first-order valence-electron chi connectivity index (χ1n) is 7.14. The van der Waals surface area contributed by atoms with E-state index in [1.807, 2.05) is 32.2 Å². The fourth-order valence-corrected chi connectivity index (χ4v) is 2.78. The molecule has 0 aromatic heterocycles. The van der Waals surface area contributed by atoms with E-state index < -0.39 is 0 Å². The highest BCUT2D eigenvalue weighted by Crippen LogP contribution is 2.20. The first-order chi connectivity index (χ1) is 9.47. The molecule has 1 aromatic rings. The lowest BCUT2D eigenvalue weighted by Gasteiger charge is -2.25. The van der Waals surface area contributed by atoms with Crippen molar-refractivity contribution in [1.82, 2.24) is 5.32 Å². The van der Waals surface area contributed by atoms with Gasteiger partial charge >= 0.3 is 0 Å². The summed E-state index contributed by atoms with van der Waals surface area (Å²) in [6, 6.07) is 8.72. The Kier molecular flexibility index (Phi) is 7.41. The van der Waals surface area contributed by atoms with Gasteiger partial charge in [-0.3, -0.25) is 0 Å². The van der Waals surface area contributed by atoms with Crippen molar-refractivity contribution in [1.29, 1.82) is 0 Å². The molecule has 0 saturated carbocycles. The predicted octanol–water partition coefficient (Wildman–Crippen LogP) is 3.24. The summed E-state index contributed by atoms with van der Waals surface area (Å²) in [4.78, 5) is 0. The maximum absolute atomic E-state index is 9.32. The summed E-state index contributed by atoms with van der Waals surface area (Å²) in [5, 5.41) is 13.1. The molecule has 114 valence electrons. The monoisotopic (exact) mass is 297 g/mol. The molecule has 0 radical (unpaired) electrons. The number of hydrogen-bond acceptors (Lipinski definition) is 4. The van der Waals surface area contributed by atoms with E-state index in [-0.39, 0.29) is 30.0 Å². The second-order valence-electron chi connectivity index (χ2n) is 5.37. The summed E-state index contributed by atoms with van der Waals surface area (Å²) in [5.41, 5.74) is 1.23. The van der Waals surface area contributed by atoms with E-state index in [1.165, 1.54) is 5.56 Å². The van der Waals surface area contributed by atoms with E-state index in [0.717, 1.165) is 5.75 Å². The van der Waals surface area contributed by atoms with Gasteiger partial charge in [-0.1, -0.05) is 12.1 Å². The molecule has 3 nitrogen and oxygen atoms in total. The number of thioether (sulfide) groups is 1. The Morgan fingerprint density at radius 3 is 2.20 bits per heavy atom. The first-order valence-corrected chi connectivity index (χ1v) is 8.43. The third-order valence-electron chi connectivity index (χ3n) is 3.31. The lowest BCUT2D eigenvalue weighted by atomic mass is 10.1. The van der Waals surface area contributed by atoms with Crippen molar-refractivity contribution >= 4 is 11.8 Å². The number of benzene rings is 1. The van der Waals surface area contributed by atoms with Crippen LogP contribution in [0.1, 0.15) is 39.3 Å². The Morgan fingerprint density at radius 1 is 1.15 bits per heavy atom. The highest BCUT2D eigenvalue weighted by Gasteiger charge is 2.17. The molecule has 0 aliphatic heterocycles. The van der Waals surface area contributed by atoms with Crippen molar-refractivity contribution in [2.75, 3.05) is 12.9 Å². The van der Waals surface area contributed by atoms with Gasteiger partial charge in [0.05, 0.1) is 12.7 Å². The number of rotatable bonds is 8. The second-order valence-corrected chi connectivity index (χ2v) is 6.45. The lowest BCUT2D eigenvalue weighted by Crippen LogP contribution is -2.38. The maximum atomic E-state index is 9.32. The van der Waals surface area contributed by atoms with Gasteiger partial charge in [0.2, 0.25) is 0 Å². The van der Waals surface area contributed by atoms with Gasteiger partial charge in [-0.05, 0) is 51.6 Å². The smallest absolute Gasteiger partial charge is 0.119 e. The summed E-state index contributed by atoms with van der Waals surface area (Å²) in [5.74, 6) is 0.904. The van der Waals surface area contributed by atoms with E-state index in [9.17, 15) is 5.11 Å². The zero-order chi connectivity index (χ0) is 15.1. The molecular formula is C16H27NO2S. The van der Waals surface area contributed by atoms with Crippen LogP contribution in [0, 0.1) is 0 Å². The first kappa shape index (κ1) is 17.3. The van der Waals surface area contributed by atoms with Gasteiger partial charge < -0.3 is 15.2 Å². The van der Waals surface area contributed by atoms with E-state index >= 15 is 0 Å². The van der Waals surface area contributed by atoms with Crippen LogP contribution in [0.3, 0.4) is 0 Å². The highest BCUT2D eigenvalue weighted by atomic mass is 32.2. The van der Waals surface area contributed by atoms with E-state index in [2.05, 4.69) is 31.3 Å². The quantitative estimate of drug-likeness (QED) is 0.773. The van der Waals surface area contributed by atoms with Crippen LogP contribution in [-0.4, -0.2) is 35.4 Å². The molecule has 1 rings (SSSR count). The summed E-state index contributed by atoms with van der Waals surface area (Å²) >= 11 is 1.69. The average Bonchev–Trinajstić information content (AvgIpc) is 2.40. The highest BCUT2D eigenvalue weighted by molar-refractivity contribution is 7.99. The Morgan fingerprint density at radius 2 is 1.75 bits per heavy atom. The average molecular weight is 297 g/mol. The van der Waals surface area contributed by atoms with E-state index in [4.69, 9.17) is 4.74 Å². The third kappa shape index (κ3) is 5.35. The van der Waals surface area contributed by atoms with Gasteiger partial charge in [-0.25, -0.2) is 0 Å². The van der Waals surface area contributed by atoms with E-state index in [1.54, 1.807) is 11.8 Å². The zero-order valence-corrected chi connectivity index (χ0v) is 13.9. The number of aliphatic hydroxyl groups is 1. The van der Waals surface area contributed by atoms with Crippen LogP contribution < -0.4 is 10.1 Å². The van der Waals surface area contributed by atoms with Gasteiger partial charge in [0.1, 0.15) is 5.75 Å². The SMILES string of the molecule is CSC(CO)C(C)NC(C)c1ccc(OC(C)C)cc1. The number of nitrogens with one attached hydrogen (secondary N) is 1. The predicted molar refractivity (Wildman–Crippen MR) is 87.6 cm³/mol. The number of aliphatic hydroxyl groups excluding tert-OH is 1. The summed E-state index contributed by atoms with van der Waals surface area (Å²) in [6.07, 6.45) is 2.23. The van der Waals surface area contributed by atoms with Crippen LogP contribution >= 0.6 is 11.8 Å². The molecule has 0 bridgehead atoms. The van der Waals surface area contributed by atoms with Crippen LogP contribution in [0.4, 0.5) is 0 Å². The molecule has 0 aliphatic carbocycles. The van der Waals surface area contributed by atoms with Gasteiger partial charge in [-0.2, -0.15) is 11.8 Å². The van der Waals surface area contributed by atoms with Gasteiger partial charge in [-0.15, -0.1) is 0 Å². The Balaban J connectivity index is 2.61. The fraction of sp³-hybridized carbons (Fsp3) is 0.625. The molecule has 4 heteroatoms. The number of ether oxygens (including phenoxy) is 1. The number of hydrogen-bond donors (Lipinski definition) is 2. The molecule has 3 atom stereocenters. The Labute approximate surface area is 127 Å². The summed E-state index contributed by atoms with van der Waals surface area (Å²) in [6.45, 7) is 8.51. The van der Waals surface area contributed by atoms with E-state index in [0.29, 0.717) is 0 Å². The van der Waals surface area contributed by atoms with Crippen molar-refractivity contribution in [3.8, 4) is 5.75 Å². The molecular weight excluding hydrogens is 270 g/mol. The maximum Gasteiger partial charge on any atom is 0.119 e. The summed E-state index contributed by atoms with van der Waals surface area (Å²) < 4.78 is 5.65. The Hall–Kier alpha value is -0.710. The van der Waals surface area contributed by atoms with Crippen molar-refractivity contribution < 1.29 is 9.84 Å². The summed E-state index contributed by atoms with van der Waals surface area (Å²) in [7, 11) is 0. The van der Waals surface area contributed by atoms with Crippen LogP contribution in [0.5, 0.6) is 5.75 Å². The van der Waals surface area contributed by atoms with Crippen LogP contribution in [-0.2, 0) is 0 Å². The molecule has 0 fully saturated rings. The minimum absolute atomic E-state index is 0.198. The third-order valence-corrected chi connectivity index (χ3v) is 4.47. The Bertz CT molecular complexity index is 377. The largest absolute Gasteiger partial charge is 0.491 e. The zero-order valence-electron chi connectivity index (χ0n) is 13.1. The molecule has 2 N–H and O–H groups in total. The lowest BCUT2D eigenvalue weighted by molar-refractivity contribution is 0.242. The molecule has 20 heavy (non-hydrogen) atoms. The van der Waals surface area contributed by atoms with Crippen LogP contribution in [0.25, 0.3) is 0 Å².